The second-order valence-corrected chi connectivity index (χ2v) is 3.49. The fourth-order valence-corrected chi connectivity index (χ4v) is 1.35. The molecule has 0 aliphatic heterocycles. The van der Waals surface area contributed by atoms with E-state index in [0.29, 0.717) is 18.1 Å². The van der Waals surface area contributed by atoms with Gasteiger partial charge in [0, 0.05) is 12.4 Å². The van der Waals surface area contributed by atoms with Gasteiger partial charge in [-0.1, -0.05) is 6.07 Å². The molecule has 0 unspecified atom stereocenters. The normalized spacial score (nSPS) is 9.94. The van der Waals surface area contributed by atoms with Crippen LogP contribution < -0.4 is 5.32 Å². The smallest absolute Gasteiger partial charge is 0.270 e. The highest BCUT2D eigenvalue weighted by Gasteiger charge is 2.06. The number of aromatic nitrogens is 3. The van der Waals surface area contributed by atoms with E-state index in [1.165, 1.54) is 0 Å². The molecule has 5 heteroatoms. The first-order valence-corrected chi connectivity index (χ1v) is 5.23. The first-order chi connectivity index (χ1) is 8.25. The lowest BCUT2D eigenvalue weighted by molar-refractivity contribution is 0.0945. The molecule has 0 atom stereocenters. The minimum atomic E-state index is -0.221. The monoisotopic (exact) mass is 228 g/mol. The molecule has 1 N–H and O–H groups in total. The van der Waals surface area contributed by atoms with Gasteiger partial charge in [-0.15, -0.1) is 0 Å². The van der Waals surface area contributed by atoms with E-state index in [1.54, 1.807) is 25.4 Å². The van der Waals surface area contributed by atoms with Crippen molar-refractivity contribution in [3.05, 3.63) is 53.9 Å². The van der Waals surface area contributed by atoms with Gasteiger partial charge in [-0.05, 0) is 25.1 Å². The molecule has 0 aromatic carbocycles. The number of hydrogen-bond acceptors (Lipinski definition) is 4. The number of nitrogens with one attached hydrogen (secondary N) is 1. The van der Waals surface area contributed by atoms with Crippen molar-refractivity contribution in [2.45, 2.75) is 13.5 Å². The maximum absolute atomic E-state index is 11.7. The molecular weight excluding hydrogens is 216 g/mol. The molecule has 2 heterocycles. The van der Waals surface area contributed by atoms with Crippen LogP contribution in [0.4, 0.5) is 0 Å². The summed E-state index contributed by atoms with van der Waals surface area (Å²) in [4.78, 5) is 23.8. The number of aryl methyl sites for hydroxylation is 1. The Morgan fingerprint density at radius 3 is 2.82 bits per heavy atom. The number of rotatable bonds is 3. The van der Waals surface area contributed by atoms with Gasteiger partial charge in [0.15, 0.2) is 0 Å². The van der Waals surface area contributed by atoms with Crippen LogP contribution >= 0.6 is 0 Å². The predicted molar refractivity (Wildman–Crippen MR) is 62.2 cm³/mol. The molecule has 0 fully saturated rings. The Morgan fingerprint density at radius 2 is 2.12 bits per heavy atom. The first kappa shape index (κ1) is 11.2. The van der Waals surface area contributed by atoms with E-state index in [1.807, 2.05) is 18.2 Å². The molecule has 0 spiro atoms. The Kier molecular flexibility index (Phi) is 3.40. The number of hydrogen-bond donors (Lipinski definition) is 1. The molecule has 0 bridgehead atoms. The van der Waals surface area contributed by atoms with E-state index < -0.39 is 0 Å². The average Bonchev–Trinajstić information content (AvgIpc) is 2.37. The zero-order valence-corrected chi connectivity index (χ0v) is 9.42. The summed E-state index contributed by atoms with van der Waals surface area (Å²) in [5.74, 6) is 0.358. The predicted octanol–water partition coefficient (Wildman–Crippen LogP) is 1.11. The molecule has 2 aromatic heterocycles. The Hall–Kier alpha value is -2.30. The number of nitrogens with zero attached hydrogens (tertiary/aromatic N) is 3. The Labute approximate surface area is 99.0 Å². The molecule has 0 saturated carbocycles. The highest BCUT2D eigenvalue weighted by atomic mass is 16.1. The molecule has 0 radical (unpaired) electrons. The third-order valence-corrected chi connectivity index (χ3v) is 2.16. The third-order valence-electron chi connectivity index (χ3n) is 2.16. The molecule has 2 aromatic rings. The highest BCUT2D eigenvalue weighted by Crippen LogP contribution is 1.97. The van der Waals surface area contributed by atoms with Gasteiger partial charge in [0.2, 0.25) is 0 Å². The van der Waals surface area contributed by atoms with Gasteiger partial charge in [0.25, 0.3) is 5.91 Å². The Bertz CT molecular complexity index is 513. The van der Waals surface area contributed by atoms with Gasteiger partial charge < -0.3 is 5.32 Å². The summed E-state index contributed by atoms with van der Waals surface area (Å²) in [5, 5.41) is 2.75. The standard InChI is InChI=1S/C12H12N4O/c1-9-13-7-5-11(16-9)12(17)15-8-10-4-2-3-6-14-10/h2-7H,8H2,1H3,(H,15,17). The first-order valence-electron chi connectivity index (χ1n) is 5.23. The summed E-state index contributed by atoms with van der Waals surface area (Å²) >= 11 is 0. The summed E-state index contributed by atoms with van der Waals surface area (Å²) in [6.07, 6.45) is 3.26. The lowest BCUT2D eigenvalue weighted by Gasteiger charge is -2.04. The van der Waals surface area contributed by atoms with Crippen LogP contribution in [-0.4, -0.2) is 20.9 Å². The summed E-state index contributed by atoms with van der Waals surface area (Å²) in [5.41, 5.74) is 1.18. The summed E-state index contributed by atoms with van der Waals surface area (Å²) in [7, 11) is 0. The zero-order valence-electron chi connectivity index (χ0n) is 9.42. The van der Waals surface area contributed by atoms with Crippen molar-refractivity contribution in [1.29, 1.82) is 0 Å². The topological polar surface area (TPSA) is 67.8 Å². The van der Waals surface area contributed by atoms with Crippen LogP contribution in [0.5, 0.6) is 0 Å². The average molecular weight is 228 g/mol. The van der Waals surface area contributed by atoms with Crippen molar-refractivity contribution in [2.75, 3.05) is 0 Å². The number of carbonyl (C=O) groups is 1. The number of carbonyl (C=O) groups excluding carboxylic acids is 1. The minimum Gasteiger partial charge on any atom is -0.345 e. The summed E-state index contributed by atoms with van der Waals surface area (Å²) < 4.78 is 0. The second-order valence-electron chi connectivity index (χ2n) is 3.49. The maximum atomic E-state index is 11.7. The lowest BCUT2D eigenvalue weighted by Crippen LogP contribution is -2.24. The highest BCUT2D eigenvalue weighted by molar-refractivity contribution is 5.92. The molecular formula is C12H12N4O. The van der Waals surface area contributed by atoms with E-state index in [-0.39, 0.29) is 5.91 Å². The van der Waals surface area contributed by atoms with E-state index in [9.17, 15) is 4.79 Å². The largest absolute Gasteiger partial charge is 0.345 e. The van der Waals surface area contributed by atoms with Crippen LogP contribution in [0, 0.1) is 6.92 Å². The third kappa shape index (κ3) is 3.07. The second kappa shape index (κ2) is 5.16. The lowest BCUT2D eigenvalue weighted by atomic mass is 10.3. The van der Waals surface area contributed by atoms with Gasteiger partial charge in [-0.3, -0.25) is 9.78 Å². The molecule has 86 valence electrons. The van der Waals surface area contributed by atoms with Crippen molar-refractivity contribution in [2.24, 2.45) is 0 Å². The minimum absolute atomic E-state index is 0.221. The van der Waals surface area contributed by atoms with E-state index in [2.05, 4.69) is 20.3 Å². The fourth-order valence-electron chi connectivity index (χ4n) is 1.35. The van der Waals surface area contributed by atoms with E-state index >= 15 is 0 Å². The Morgan fingerprint density at radius 1 is 1.24 bits per heavy atom. The van der Waals surface area contributed by atoms with Crippen molar-refractivity contribution < 1.29 is 4.79 Å². The molecule has 5 nitrogen and oxygen atoms in total. The van der Waals surface area contributed by atoms with Crippen molar-refractivity contribution >= 4 is 5.91 Å². The van der Waals surface area contributed by atoms with Crippen LogP contribution in [-0.2, 0) is 6.54 Å². The van der Waals surface area contributed by atoms with Gasteiger partial charge in [0.1, 0.15) is 11.5 Å². The van der Waals surface area contributed by atoms with Crippen molar-refractivity contribution in [1.82, 2.24) is 20.3 Å². The van der Waals surface area contributed by atoms with Crippen LogP contribution in [0.1, 0.15) is 22.0 Å². The fraction of sp³-hybridized carbons (Fsp3) is 0.167. The number of pyridine rings is 1. The van der Waals surface area contributed by atoms with Crippen molar-refractivity contribution in [3.63, 3.8) is 0 Å². The number of amides is 1. The van der Waals surface area contributed by atoms with Crippen LogP contribution in [0.3, 0.4) is 0 Å². The molecule has 1 amide bonds. The van der Waals surface area contributed by atoms with Gasteiger partial charge >= 0.3 is 0 Å². The molecule has 0 aliphatic rings. The van der Waals surface area contributed by atoms with E-state index in [0.717, 1.165) is 5.69 Å². The van der Waals surface area contributed by atoms with Gasteiger partial charge in [-0.2, -0.15) is 0 Å². The molecule has 0 saturated heterocycles. The zero-order chi connectivity index (χ0) is 12.1. The van der Waals surface area contributed by atoms with Gasteiger partial charge in [0.05, 0.1) is 12.2 Å². The van der Waals surface area contributed by atoms with Gasteiger partial charge in [-0.25, -0.2) is 9.97 Å². The van der Waals surface area contributed by atoms with Crippen LogP contribution in [0.15, 0.2) is 36.7 Å². The van der Waals surface area contributed by atoms with Crippen molar-refractivity contribution in [3.8, 4) is 0 Å². The molecule has 0 aliphatic carbocycles. The maximum Gasteiger partial charge on any atom is 0.270 e. The van der Waals surface area contributed by atoms with E-state index in [4.69, 9.17) is 0 Å². The summed E-state index contributed by atoms with van der Waals surface area (Å²) in [6.45, 7) is 2.14. The van der Waals surface area contributed by atoms with Crippen LogP contribution in [0.2, 0.25) is 0 Å². The van der Waals surface area contributed by atoms with Crippen LogP contribution in [0.25, 0.3) is 0 Å². The SMILES string of the molecule is Cc1nccc(C(=O)NCc2ccccn2)n1. The Balaban J connectivity index is 1.98. The molecule has 17 heavy (non-hydrogen) atoms. The quantitative estimate of drug-likeness (QED) is 0.854. The molecule has 2 rings (SSSR count). The summed E-state index contributed by atoms with van der Waals surface area (Å²) in [6, 6.07) is 7.15.